The first kappa shape index (κ1) is 29.0. The molecular formula is C29H28F3N3O4S. The first-order valence-corrected chi connectivity index (χ1v) is 13.2. The van der Waals surface area contributed by atoms with E-state index >= 15 is 0 Å². The Morgan fingerprint density at radius 3 is 2.45 bits per heavy atom. The number of hydrogen-bond acceptors (Lipinski definition) is 6. The Balaban J connectivity index is 1.59. The Hall–Kier alpha value is -3.99. The van der Waals surface area contributed by atoms with Crippen molar-refractivity contribution in [1.82, 2.24) is 4.90 Å². The predicted octanol–water partition coefficient (Wildman–Crippen LogP) is 6.50. The molecule has 1 saturated heterocycles. The van der Waals surface area contributed by atoms with E-state index < -0.39 is 22.9 Å². The fourth-order valence-corrected chi connectivity index (χ4v) is 5.37. The summed E-state index contributed by atoms with van der Waals surface area (Å²) in [7, 11) is 3.05. The van der Waals surface area contributed by atoms with Gasteiger partial charge in [0.25, 0.3) is 0 Å². The lowest BCUT2D eigenvalue weighted by atomic mass is 10.1. The maximum Gasteiger partial charge on any atom is 0.416 e. The summed E-state index contributed by atoms with van der Waals surface area (Å²) < 4.78 is 49.9. The van der Waals surface area contributed by atoms with Crippen molar-refractivity contribution in [2.45, 2.75) is 38.2 Å². The van der Waals surface area contributed by atoms with Crippen LogP contribution in [0.5, 0.6) is 11.5 Å². The number of halogens is 3. The third kappa shape index (κ3) is 6.77. The second-order valence-electron chi connectivity index (χ2n) is 9.24. The first-order chi connectivity index (χ1) is 19.0. The zero-order chi connectivity index (χ0) is 29.0. The van der Waals surface area contributed by atoms with Gasteiger partial charge in [-0.2, -0.15) is 13.2 Å². The van der Waals surface area contributed by atoms with Gasteiger partial charge in [-0.05, 0) is 61.4 Å². The highest BCUT2D eigenvalue weighted by molar-refractivity contribution is 8.15. The van der Waals surface area contributed by atoms with Crippen molar-refractivity contribution < 1.29 is 32.2 Å². The van der Waals surface area contributed by atoms with Crippen LogP contribution in [0.15, 0.2) is 65.7 Å². The SMILES string of the molecule is COc1ccc(CN2C(=O)[C@@H](CC(=O)Nc3cccc(C(F)(F)F)c3)SC2=Nc2ccc(C)cc2C)cc1OC. The second-order valence-corrected chi connectivity index (χ2v) is 10.4. The lowest BCUT2D eigenvalue weighted by molar-refractivity contribution is -0.137. The predicted molar refractivity (Wildman–Crippen MR) is 149 cm³/mol. The molecule has 7 nitrogen and oxygen atoms in total. The van der Waals surface area contributed by atoms with Crippen LogP contribution in [0.2, 0.25) is 0 Å². The number of ether oxygens (including phenoxy) is 2. The largest absolute Gasteiger partial charge is 0.493 e. The Morgan fingerprint density at radius 1 is 1.02 bits per heavy atom. The molecule has 11 heteroatoms. The summed E-state index contributed by atoms with van der Waals surface area (Å²) >= 11 is 1.15. The molecule has 1 heterocycles. The van der Waals surface area contributed by atoms with Crippen molar-refractivity contribution in [3.63, 3.8) is 0 Å². The van der Waals surface area contributed by atoms with E-state index in [0.29, 0.717) is 22.4 Å². The van der Waals surface area contributed by atoms with Gasteiger partial charge in [0.05, 0.1) is 32.0 Å². The molecule has 0 bridgehead atoms. The number of amides is 2. The van der Waals surface area contributed by atoms with Crippen LogP contribution in [0.25, 0.3) is 0 Å². The fraction of sp³-hybridized carbons (Fsp3) is 0.276. The third-order valence-electron chi connectivity index (χ3n) is 6.22. The van der Waals surface area contributed by atoms with E-state index in [4.69, 9.17) is 14.5 Å². The van der Waals surface area contributed by atoms with E-state index in [0.717, 1.165) is 40.6 Å². The zero-order valence-electron chi connectivity index (χ0n) is 22.3. The number of hydrogen-bond donors (Lipinski definition) is 1. The molecule has 0 radical (unpaired) electrons. The minimum absolute atomic E-state index is 0.00151. The number of aryl methyl sites for hydroxylation is 2. The number of aliphatic imine (C=N–C) groups is 1. The van der Waals surface area contributed by atoms with Gasteiger partial charge >= 0.3 is 6.18 Å². The Labute approximate surface area is 234 Å². The van der Waals surface area contributed by atoms with Crippen molar-refractivity contribution in [2.75, 3.05) is 19.5 Å². The molecular weight excluding hydrogens is 543 g/mol. The molecule has 40 heavy (non-hydrogen) atoms. The molecule has 3 aromatic carbocycles. The summed E-state index contributed by atoms with van der Waals surface area (Å²) in [5, 5.41) is 2.09. The molecule has 0 unspecified atom stereocenters. The van der Waals surface area contributed by atoms with Gasteiger partial charge in [-0.15, -0.1) is 0 Å². The number of thioether (sulfide) groups is 1. The van der Waals surface area contributed by atoms with Gasteiger partial charge in [-0.1, -0.05) is 41.6 Å². The Kier molecular flexibility index (Phi) is 8.73. The van der Waals surface area contributed by atoms with Gasteiger partial charge in [0.2, 0.25) is 11.8 Å². The molecule has 4 rings (SSSR count). The number of benzene rings is 3. The number of anilines is 1. The van der Waals surface area contributed by atoms with Crippen molar-refractivity contribution in [3.05, 3.63) is 82.9 Å². The summed E-state index contributed by atoms with van der Waals surface area (Å²) in [6.07, 6.45) is -4.78. The van der Waals surface area contributed by atoms with Gasteiger partial charge in [0.1, 0.15) is 5.25 Å². The molecule has 0 aromatic heterocycles. The van der Waals surface area contributed by atoms with Gasteiger partial charge < -0.3 is 14.8 Å². The summed E-state index contributed by atoms with van der Waals surface area (Å²) in [5.74, 6) is 0.136. The average molecular weight is 572 g/mol. The molecule has 1 N–H and O–H groups in total. The lowest BCUT2D eigenvalue weighted by Gasteiger charge is -2.18. The second kappa shape index (κ2) is 12.0. The van der Waals surface area contributed by atoms with E-state index in [9.17, 15) is 22.8 Å². The molecule has 0 aliphatic carbocycles. The van der Waals surface area contributed by atoms with Crippen LogP contribution in [0.4, 0.5) is 24.5 Å². The fourth-order valence-electron chi connectivity index (χ4n) is 4.22. The van der Waals surface area contributed by atoms with Crippen LogP contribution < -0.4 is 14.8 Å². The van der Waals surface area contributed by atoms with Crippen LogP contribution >= 0.6 is 11.8 Å². The molecule has 2 amide bonds. The van der Waals surface area contributed by atoms with Gasteiger partial charge in [-0.3, -0.25) is 14.5 Å². The van der Waals surface area contributed by atoms with Crippen LogP contribution in [-0.2, 0) is 22.3 Å². The van der Waals surface area contributed by atoms with Crippen molar-refractivity contribution in [1.29, 1.82) is 0 Å². The van der Waals surface area contributed by atoms with Crippen LogP contribution in [0.1, 0.15) is 28.7 Å². The number of amidine groups is 1. The number of carbonyl (C=O) groups excluding carboxylic acids is 2. The topological polar surface area (TPSA) is 80.2 Å². The standard InChI is InChI=1S/C29H28F3N3O4S/c1-17-8-10-22(18(2)12-17)34-28-35(16-19-9-11-23(38-3)24(13-19)39-4)27(37)25(40-28)15-26(36)33-21-7-5-6-20(14-21)29(30,31)32/h5-14,25H,15-16H2,1-4H3,(H,33,36)/t25-/m1/s1. The maximum absolute atomic E-state index is 13.5. The number of carbonyl (C=O) groups is 2. The van der Waals surface area contributed by atoms with E-state index in [2.05, 4.69) is 5.32 Å². The van der Waals surface area contributed by atoms with E-state index in [-0.39, 0.29) is 24.6 Å². The summed E-state index contributed by atoms with van der Waals surface area (Å²) in [6.45, 7) is 4.06. The number of methoxy groups -OCH3 is 2. The van der Waals surface area contributed by atoms with Gasteiger partial charge in [0.15, 0.2) is 16.7 Å². The van der Waals surface area contributed by atoms with Crippen molar-refractivity contribution in [2.24, 2.45) is 4.99 Å². The molecule has 210 valence electrons. The van der Waals surface area contributed by atoms with Crippen LogP contribution in [0, 0.1) is 13.8 Å². The zero-order valence-corrected chi connectivity index (χ0v) is 23.2. The number of alkyl halides is 3. The highest BCUT2D eigenvalue weighted by atomic mass is 32.2. The smallest absolute Gasteiger partial charge is 0.416 e. The first-order valence-electron chi connectivity index (χ1n) is 12.3. The number of rotatable bonds is 8. The molecule has 1 aliphatic rings. The molecule has 3 aromatic rings. The average Bonchev–Trinajstić information content (AvgIpc) is 3.18. The van der Waals surface area contributed by atoms with Crippen molar-refractivity contribution in [3.8, 4) is 11.5 Å². The minimum Gasteiger partial charge on any atom is -0.493 e. The van der Waals surface area contributed by atoms with Gasteiger partial charge in [0, 0.05) is 12.1 Å². The molecule has 0 saturated carbocycles. The third-order valence-corrected chi connectivity index (χ3v) is 7.40. The van der Waals surface area contributed by atoms with E-state index in [1.807, 2.05) is 38.1 Å². The molecule has 0 spiro atoms. The van der Waals surface area contributed by atoms with Crippen LogP contribution in [-0.4, -0.2) is 41.4 Å². The highest BCUT2D eigenvalue weighted by Gasteiger charge is 2.39. The highest BCUT2D eigenvalue weighted by Crippen LogP contribution is 2.36. The Morgan fingerprint density at radius 2 is 1.77 bits per heavy atom. The molecule has 1 atom stereocenters. The quantitative estimate of drug-likeness (QED) is 0.334. The summed E-state index contributed by atoms with van der Waals surface area (Å²) in [4.78, 5) is 32.6. The summed E-state index contributed by atoms with van der Waals surface area (Å²) in [6, 6.07) is 15.5. The van der Waals surface area contributed by atoms with Crippen molar-refractivity contribution >= 4 is 40.1 Å². The lowest BCUT2D eigenvalue weighted by Crippen LogP contribution is -2.33. The summed E-state index contributed by atoms with van der Waals surface area (Å²) in [5.41, 5.74) is 2.57. The minimum atomic E-state index is -4.54. The Bertz CT molecular complexity index is 1460. The van der Waals surface area contributed by atoms with E-state index in [1.165, 1.54) is 31.3 Å². The number of nitrogens with zero attached hydrogens (tertiary/aromatic N) is 2. The van der Waals surface area contributed by atoms with Crippen LogP contribution in [0.3, 0.4) is 0 Å². The molecule has 1 fully saturated rings. The normalized spacial score (nSPS) is 16.4. The van der Waals surface area contributed by atoms with E-state index in [1.54, 1.807) is 12.1 Å². The monoisotopic (exact) mass is 571 g/mol. The molecule has 1 aliphatic heterocycles. The number of nitrogens with one attached hydrogen (secondary N) is 1. The maximum atomic E-state index is 13.5. The van der Waals surface area contributed by atoms with Gasteiger partial charge in [-0.25, -0.2) is 4.99 Å².